The minimum Gasteiger partial charge on any atom is -0.394 e. The summed E-state index contributed by atoms with van der Waals surface area (Å²) in [4.78, 5) is 16.9. The summed E-state index contributed by atoms with van der Waals surface area (Å²) in [6.45, 7) is -0.977. The molecule has 0 aromatic rings. The first-order valence-electron chi connectivity index (χ1n) is 5.50. The van der Waals surface area contributed by atoms with E-state index in [9.17, 15) is 19.9 Å². The van der Waals surface area contributed by atoms with Crippen LogP contribution >= 0.6 is 7.82 Å². The number of ether oxygens (including phenoxy) is 1. The third kappa shape index (κ3) is 5.04. The van der Waals surface area contributed by atoms with Crippen LogP contribution in [0.25, 0.3) is 0 Å². The van der Waals surface area contributed by atoms with Crippen LogP contribution in [0, 0.1) is 0 Å². The number of aliphatic hydroxyl groups is 4. The zero-order chi connectivity index (χ0) is 14.6. The SMILES string of the molecule is O=P(O)(O)OCCNC1O[C@H](CO)[C@@H](O)[C@H](O)[C@H]1O. The van der Waals surface area contributed by atoms with E-state index in [0.717, 1.165) is 0 Å². The molecule has 0 aromatic heterocycles. The molecule has 19 heavy (non-hydrogen) atoms. The van der Waals surface area contributed by atoms with E-state index in [4.69, 9.17) is 19.6 Å². The van der Waals surface area contributed by atoms with Gasteiger partial charge in [0.1, 0.15) is 30.6 Å². The van der Waals surface area contributed by atoms with E-state index < -0.39 is 45.1 Å². The molecule has 10 nitrogen and oxygen atoms in total. The monoisotopic (exact) mass is 303 g/mol. The second kappa shape index (κ2) is 7.04. The molecule has 1 fully saturated rings. The Morgan fingerprint density at radius 1 is 1.16 bits per heavy atom. The van der Waals surface area contributed by atoms with Crippen LogP contribution in [0.1, 0.15) is 0 Å². The third-order valence-electron chi connectivity index (χ3n) is 2.60. The maximum Gasteiger partial charge on any atom is 0.469 e. The van der Waals surface area contributed by atoms with E-state index in [1.807, 2.05) is 0 Å². The van der Waals surface area contributed by atoms with Crippen LogP contribution in [0.5, 0.6) is 0 Å². The van der Waals surface area contributed by atoms with Crippen molar-refractivity contribution in [3.63, 3.8) is 0 Å². The van der Waals surface area contributed by atoms with E-state index in [1.165, 1.54) is 0 Å². The Morgan fingerprint density at radius 2 is 1.79 bits per heavy atom. The lowest BCUT2D eigenvalue weighted by Crippen LogP contribution is -2.62. The molecule has 0 amide bonds. The number of aliphatic hydroxyl groups excluding tert-OH is 4. The fourth-order valence-electron chi connectivity index (χ4n) is 1.64. The van der Waals surface area contributed by atoms with Crippen LogP contribution in [0.3, 0.4) is 0 Å². The average Bonchev–Trinajstić information content (AvgIpc) is 2.33. The van der Waals surface area contributed by atoms with Gasteiger partial charge in [-0.2, -0.15) is 0 Å². The van der Waals surface area contributed by atoms with Gasteiger partial charge in [-0.1, -0.05) is 0 Å². The van der Waals surface area contributed by atoms with Crippen molar-refractivity contribution in [1.82, 2.24) is 5.32 Å². The molecule has 0 radical (unpaired) electrons. The zero-order valence-corrected chi connectivity index (χ0v) is 10.8. The Bertz CT molecular complexity index is 321. The summed E-state index contributed by atoms with van der Waals surface area (Å²) in [5, 5.41) is 40.0. The first-order valence-corrected chi connectivity index (χ1v) is 7.03. The van der Waals surface area contributed by atoms with Gasteiger partial charge in [0.25, 0.3) is 0 Å². The van der Waals surface area contributed by atoms with Crippen molar-refractivity contribution in [2.75, 3.05) is 19.8 Å². The summed E-state index contributed by atoms with van der Waals surface area (Å²) in [6.07, 6.45) is -6.56. The van der Waals surface area contributed by atoms with E-state index in [-0.39, 0.29) is 13.2 Å². The molecule has 1 aliphatic rings. The zero-order valence-electron chi connectivity index (χ0n) is 9.86. The number of hydrogen-bond donors (Lipinski definition) is 7. The predicted octanol–water partition coefficient (Wildman–Crippen LogP) is -3.51. The fourth-order valence-corrected chi connectivity index (χ4v) is 1.97. The van der Waals surface area contributed by atoms with Gasteiger partial charge in [-0.05, 0) is 0 Å². The summed E-state index contributed by atoms with van der Waals surface area (Å²) >= 11 is 0. The Hall–Kier alpha value is -0.130. The summed E-state index contributed by atoms with van der Waals surface area (Å²) in [5.41, 5.74) is 0. The molecule has 5 atom stereocenters. The smallest absolute Gasteiger partial charge is 0.394 e. The maximum absolute atomic E-state index is 10.4. The van der Waals surface area contributed by atoms with Crippen LogP contribution < -0.4 is 5.32 Å². The Labute approximate surface area is 108 Å². The number of phosphoric acid groups is 1. The summed E-state index contributed by atoms with van der Waals surface area (Å²) in [5.74, 6) is 0. The van der Waals surface area contributed by atoms with Gasteiger partial charge in [-0.25, -0.2) is 4.57 Å². The molecule has 1 unspecified atom stereocenters. The highest BCUT2D eigenvalue weighted by Gasteiger charge is 2.43. The lowest BCUT2D eigenvalue weighted by molar-refractivity contribution is -0.236. The van der Waals surface area contributed by atoms with Gasteiger partial charge >= 0.3 is 7.82 Å². The number of phosphoric ester groups is 1. The molecule has 0 saturated carbocycles. The molecule has 1 aliphatic heterocycles. The molecule has 114 valence electrons. The van der Waals surface area contributed by atoms with Gasteiger partial charge in [0.15, 0.2) is 0 Å². The van der Waals surface area contributed by atoms with E-state index in [0.29, 0.717) is 0 Å². The van der Waals surface area contributed by atoms with Gasteiger partial charge in [0.05, 0.1) is 13.2 Å². The van der Waals surface area contributed by atoms with Crippen molar-refractivity contribution in [1.29, 1.82) is 0 Å². The Morgan fingerprint density at radius 3 is 2.32 bits per heavy atom. The molecule has 11 heteroatoms. The Balaban J connectivity index is 2.42. The largest absolute Gasteiger partial charge is 0.469 e. The molecule has 1 heterocycles. The van der Waals surface area contributed by atoms with Crippen molar-refractivity contribution < 1.29 is 44.0 Å². The highest BCUT2D eigenvalue weighted by molar-refractivity contribution is 7.46. The van der Waals surface area contributed by atoms with Crippen molar-refractivity contribution in [2.24, 2.45) is 0 Å². The van der Waals surface area contributed by atoms with Crippen LogP contribution in [0.2, 0.25) is 0 Å². The molecule has 0 aromatic carbocycles. The summed E-state index contributed by atoms with van der Waals surface area (Å²) < 4.78 is 19.7. The molecule has 0 spiro atoms. The molecule has 1 saturated heterocycles. The first-order chi connectivity index (χ1) is 8.76. The van der Waals surface area contributed by atoms with Crippen LogP contribution in [-0.4, -0.2) is 80.6 Å². The van der Waals surface area contributed by atoms with Gasteiger partial charge in [-0.3, -0.25) is 9.84 Å². The van der Waals surface area contributed by atoms with Crippen molar-refractivity contribution in [3.8, 4) is 0 Å². The van der Waals surface area contributed by atoms with Crippen LogP contribution in [0.4, 0.5) is 0 Å². The van der Waals surface area contributed by atoms with Crippen LogP contribution in [0.15, 0.2) is 0 Å². The first kappa shape index (κ1) is 16.9. The Kier molecular flexibility index (Phi) is 6.27. The number of nitrogens with one attached hydrogen (secondary N) is 1. The number of hydrogen-bond acceptors (Lipinski definition) is 8. The lowest BCUT2D eigenvalue weighted by Gasteiger charge is -2.40. The highest BCUT2D eigenvalue weighted by Crippen LogP contribution is 2.35. The topological polar surface area (TPSA) is 169 Å². The minimum atomic E-state index is -4.56. The predicted molar refractivity (Wildman–Crippen MR) is 59.8 cm³/mol. The molecular weight excluding hydrogens is 285 g/mol. The highest BCUT2D eigenvalue weighted by atomic mass is 31.2. The summed E-state index contributed by atoms with van der Waals surface area (Å²) in [6, 6.07) is 0. The fraction of sp³-hybridized carbons (Fsp3) is 1.00. The van der Waals surface area contributed by atoms with E-state index in [2.05, 4.69) is 9.84 Å². The standard InChI is InChI=1S/C8H18NO9P/c10-3-4-5(11)6(12)7(13)8(18-4)9-1-2-17-19(14,15)16/h4-13H,1-3H2,(H2,14,15,16)/t4-,5-,6+,7-,8?/m1/s1. The molecule has 7 N–H and O–H groups in total. The number of rotatable bonds is 6. The molecule has 1 rings (SSSR count). The quantitative estimate of drug-likeness (QED) is 0.193. The third-order valence-corrected chi connectivity index (χ3v) is 3.12. The van der Waals surface area contributed by atoms with Crippen molar-refractivity contribution >= 4 is 7.82 Å². The van der Waals surface area contributed by atoms with Crippen molar-refractivity contribution in [2.45, 2.75) is 30.6 Å². The van der Waals surface area contributed by atoms with Crippen molar-refractivity contribution in [3.05, 3.63) is 0 Å². The van der Waals surface area contributed by atoms with Gasteiger partial charge in [0, 0.05) is 6.54 Å². The normalized spacial score (nSPS) is 36.4. The molecule has 0 aliphatic carbocycles. The van der Waals surface area contributed by atoms with Crippen LogP contribution in [-0.2, 0) is 13.8 Å². The maximum atomic E-state index is 10.4. The van der Waals surface area contributed by atoms with E-state index >= 15 is 0 Å². The van der Waals surface area contributed by atoms with Gasteiger partial charge in [0.2, 0.25) is 0 Å². The van der Waals surface area contributed by atoms with E-state index in [1.54, 1.807) is 0 Å². The second-order valence-corrected chi connectivity index (χ2v) is 5.27. The average molecular weight is 303 g/mol. The lowest BCUT2D eigenvalue weighted by atomic mass is 9.98. The second-order valence-electron chi connectivity index (χ2n) is 4.03. The summed E-state index contributed by atoms with van der Waals surface area (Å²) in [7, 11) is -4.56. The minimum absolute atomic E-state index is 0.0756. The molecular formula is C8H18NO9P. The van der Waals surface area contributed by atoms with Gasteiger partial charge < -0.3 is 34.9 Å². The molecule has 0 bridgehead atoms. The van der Waals surface area contributed by atoms with Gasteiger partial charge in [-0.15, -0.1) is 0 Å².